The predicted molar refractivity (Wildman–Crippen MR) is 60.9 cm³/mol. The normalized spacial score (nSPS) is 8.27. The summed E-state index contributed by atoms with van der Waals surface area (Å²) in [5, 5.41) is 0. The van der Waals surface area contributed by atoms with Crippen molar-refractivity contribution in [2.24, 2.45) is 4.36 Å². The zero-order valence-corrected chi connectivity index (χ0v) is 8.80. The van der Waals surface area contributed by atoms with Crippen LogP contribution >= 0.6 is 0 Å². The number of hydrogen-bond acceptors (Lipinski definition) is 3. The van der Waals surface area contributed by atoms with E-state index in [0.29, 0.717) is 0 Å². The van der Waals surface area contributed by atoms with Crippen molar-refractivity contribution < 1.29 is 4.21 Å². The van der Waals surface area contributed by atoms with Crippen LogP contribution in [-0.2, 0) is 11.5 Å². The predicted octanol–water partition coefficient (Wildman–Crippen LogP) is 2.80. The van der Waals surface area contributed by atoms with Crippen LogP contribution in [0.25, 0.3) is 0 Å². The highest BCUT2D eigenvalue weighted by atomic mass is 32.1. The van der Waals surface area contributed by atoms with Gasteiger partial charge in [0, 0.05) is 12.4 Å². The third kappa shape index (κ3) is 5.49. The first-order valence-corrected chi connectivity index (χ1v) is 5.03. The van der Waals surface area contributed by atoms with Crippen LogP contribution in [0.1, 0.15) is 0 Å². The molecule has 4 heteroatoms. The van der Waals surface area contributed by atoms with Gasteiger partial charge in [0.15, 0.2) is 0 Å². The lowest BCUT2D eigenvalue weighted by atomic mass is 10.3. The van der Waals surface area contributed by atoms with Gasteiger partial charge in [-0.05, 0) is 24.3 Å². The quantitative estimate of drug-likeness (QED) is 0.738. The van der Waals surface area contributed by atoms with Crippen LogP contribution in [0.4, 0.5) is 5.69 Å². The molecule has 0 fully saturated rings. The van der Waals surface area contributed by atoms with Gasteiger partial charge in [-0.15, -0.1) is 0 Å². The molecule has 0 atom stereocenters. The van der Waals surface area contributed by atoms with Crippen molar-refractivity contribution in [1.82, 2.24) is 4.98 Å². The molecule has 0 aliphatic heterocycles. The van der Waals surface area contributed by atoms with Gasteiger partial charge in [0.25, 0.3) is 0 Å². The van der Waals surface area contributed by atoms with Gasteiger partial charge in [-0.1, -0.05) is 24.3 Å². The van der Waals surface area contributed by atoms with Gasteiger partial charge in [0.1, 0.15) is 0 Å². The van der Waals surface area contributed by atoms with Crippen LogP contribution in [0.5, 0.6) is 0 Å². The highest BCUT2D eigenvalue weighted by molar-refractivity contribution is 7.54. The minimum Gasteiger partial charge on any atom is -0.265 e. The van der Waals surface area contributed by atoms with Gasteiger partial charge in [-0.2, -0.15) is 8.57 Å². The van der Waals surface area contributed by atoms with Gasteiger partial charge in [-0.3, -0.25) is 4.98 Å². The number of pyridine rings is 1. The minimum atomic E-state index is 0.230. The van der Waals surface area contributed by atoms with E-state index >= 15 is 0 Å². The minimum absolute atomic E-state index is 0.230. The van der Waals surface area contributed by atoms with Crippen molar-refractivity contribution in [2.45, 2.75) is 0 Å². The zero-order valence-electron chi connectivity index (χ0n) is 7.98. The molecule has 0 bridgehead atoms. The lowest BCUT2D eigenvalue weighted by Crippen LogP contribution is -1.58. The molecule has 76 valence electrons. The average molecular weight is 218 g/mol. The first-order chi connectivity index (χ1) is 7.43. The summed E-state index contributed by atoms with van der Waals surface area (Å²) in [5.74, 6) is 0. The molecule has 1 aromatic heterocycles. The molecule has 0 radical (unpaired) electrons. The largest absolute Gasteiger partial charge is 0.265 e. The summed E-state index contributed by atoms with van der Waals surface area (Å²) in [6.07, 6.45) is 3.50. The first kappa shape index (κ1) is 11.3. The monoisotopic (exact) mass is 218 g/mol. The summed E-state index contributed by atoms with van der Waals surface area (Å²) in [7, 11) is 0. The molecular weight excluding hydrogens is 208 g/mol. The topological polar surface area (TPSA) is 42.3 Å². The summed E-state index contributed by atoms with van der Waals surface area (Å²) >= 11 is 0.230. The zero-order chi connectivity index (χ0) is 10.8. The van der Waals surface area contributed by atoms with Crippen molar-refractivity contribution in [3.05, 3.63) is 60.9 Å². The lowest BCUT2D eigenvalue weighted by Gasteiger charge is -1.82. The van der Waals surface area contributed by atoms with Crippen LogP contribution in [-0.4, -0.2) is 9.19 Å². The van der Waals surface area contributed by atoms with E-state index in [0.717, 1.165) is 5.69 Å². The fourth-order valence-electron chi connectivity index (χ4n) is 0.844. The molecule has 0 spiro atoms. The molecule has 2 aromatic rings. The maximum Gasteiger partial charge on any atom is 0.205 e. The third-order valence-corrected chi connectivity index (χ3v) is 1.75. The van der Waals surface area contributed by atoms with E-state index < -0.39 is 0 Å². The van der Waals surface area contributed by atoms with E-state index in [4.69, 9.17) is 0 Å². The van der Waals surface area contributed by atoms with E-state index in [1.54, 1.807) is 24.5 Å². The lowest BCUT2D eigenvalue weighted by molar-refractivity contribution is 0.698. The van der Waals surface area contributed by atoms with Crippen LogP contribution in [0.2, 0.25) is 0 Å². The molecule has 0 saturated carbocycles. The molecule has 1 heterocycles. The van der Waals surface area contributed by atoms with E-state index in [2.05, 4.69) is 9.35 Å². The standard InChI is InChI=1S/C6H5NOS.C5H5N/c8-9-7-6-4-2-1-3-5-6;1-2-4-6-5-3-1/h1-5H;1-5H. The molecule has 0 unspecified atom stereocenters. The summed E-state index contributed by atoms with van der Waals surface area (Å²) in [4.78, 5) is 3.78. The maximum absolute atomic E-state index is 9.85. The van der Waals surface area contributed by atoms with Gasteiger partial charge in [0.2, 0.25) is 11.5 Å². The molecule has 0 N–H and O–H groups in total. The Bertz CT molecular complexity index is 386. The first-order valence-electron chi connectivity index (χ1n) is 4.33. The van der Waals surface area contributed by atoms with E-state index in [9.17, 15) is 4.21 Å². The number of rotatable bonds is 1. The molecule has 3 nitrogen and oxygen atoms in total. The van der Waals surface area contributed by atoms with Crippen LogP contribution < -0.4 is 0 Å². The fraction of sp³-hybridized carbons (Fsp3) is 0. The number of benzene rings is 1. The molecule has 2 rings (SSSR count). The summed E-state index contributed by atoms with van der Waals surface area (Å²) < 4.78 is 13.4. The Labute approximate surface area is 92.1 Å². The van der Waals surface area contributed by atoms with Crippen molar-refractivity contribution in [1.29, 1.82) is 0 Å². The van der Waals surface area contributed by atoms with Gasteiger partial charge >= 0.3 is 0 Å². The van der Waals surface area contributed by atoms with Gasteiger partial charge in [-0.25, -0.2) is 0 Å². The van der Waals surface area contributed by atoms with Crippen LogP contribution in [0.3, 0.4) is 0 Å². The number of hydrogen-bond donors (Lipinski definition) is 0. The van der Waals surface area contributed by atoms with E-state index in [1.165, 1.54) is 0 Å². The Kier molecular flexibility index (Phi) is 5.69. The Morgan fingerprint density at radius 3 is 1.93 bits per heavy atom. The number of nitrogens with zero attached hydrogens (tertiary/aromatic N) is 2. The van der Waals surface area contributed by atoms with Crippen molar-refractivity contribution in [3.63, 3.8) is 0 Å². The smallest absolute Gasteiger partial charge is 0.205 e. The second-order valence-electron chi connectivity index (χ2n) is 2.53. The van der Waals surface area contributed by atoms with E-state index in [-0.39, 0.29) is 11.5 Å². The molecule has 0 amide bonds. The molecule has 0 saturated heterocycles. The average Bonchev–Trinajstić information content (AvgIpc) is 2.34. The van der Waals surface area contributed by atoms with Gasteiger partial charge < -0.3 is 0 Å². The highest BCUT2D eigenvalue weighted by Gasteiger charge is 1.80. The van der Waals surface area contributed by atoms with Crippen molar-refractivity contribution in [2.75, 3.05) is 0 Å². The third-order valence-electron chi connectivity index (χ3n) is 1.47. The molecule has 0 aliphatic rings. The Balaban J connectivity index is 0.000000162. The summed E-state index contributed by atoms with van der Waals surface area (Å²) in [6, 6.07) is 14.8. The summed E-state index contributed by atoms with van der Waals surface area (Å²) in [5.41, 5.74) is 0.720. The SMILES string of the molecule is O=S=Nc1ccccc1.c1ccncc1. The van der Waals surface area contributed by atoms with Crippen LogP contribution in [0.15, 0.2) is 65.3 Å². The second-order valence-corrected chi connectivity index (χ2v) is 2.86. The number of aromatic nitrogens is 1. The Morgan fingerprint density at radius 1 is 0.933 bits per heavy atom. The fourth-order valence-corrected chi connectivity index (χ4v) is 1.05. The van der Waals surface area contributed by atoms with Crippen molar-refractivity contribution >= 4 is 17.2 Å². The van der Waals surface area contributed by atoms with Gasteiger partial charge in [0.05, 0.1) is 5.69 Å². The Morgan fingerprint density at radius 2 is 1.53 bits per heavy atom. The molecular formula is C11H10N2OS. The highest BCUT2D eigenvalue weighted by Crippen LogP contribution is 2.07. The van der Waals surface area contributed by atoms with E-state index in [1.807, 2.05) is 36.4 Å². The maximum atomic E-state index is 9.85. The molecule has 1 aromatic carbocycles. The second kappa shape index (κ2) is 7.58. The Hall–Kier alpha value is -1.81. The van der Waals surface area contributed by atoms with Crippen molar-refractivity contribution in [3.8, 4) is 0 Å². The molecule has 0 aliphatic carbocycles. The molecule has 15 heavy (non-hydrogen) atoms. The summed E-state index contributed by atoms with van der Waals surface area (Å²) in [6.45, 7) is 0. The van der Waals surface area contributed by atoms with Crippen LogP contribution in [0, 0.1) is 0 Å².